The van der Waals surface area contributed by atoms with Gasteiger partial charge in [0.25, 0.3) is 0 Å². The molecule has 0 saturated carbocycles. The number of nitrogens with one attached hydrogen (secondary N) is 1. The normalized spacial score (nSPS) is 11.1. The zero-order valence-electron chi connectivity index (χ0n) is 11.4. The van der Waals surface area contributed by atoms with Gasteiger partial charge in [-0.15, -0.1) is 0 Å². The highest BCUT2D eigenvalue weighted by Gasteiger charge is 2.11. The third-order valence-electron chi connectivity index (χ3n) is 2.26. The van der Waals surface area contributed by atoms with Crippen molar-refractivity contribution in [2.75, 3.05) is 25.6 Å². The van der Waals surface area contributed by atoms with E-state index in [2.05, 4.69) is 5.32 Å². The van der Waals surface area contributed by atoms with Crippen molar-refractivity contribution in [3.8, 4) is 0 Å². The van der Waals surface area contributed by atoms with Gasteiger partial charge < -0.3 is 14.8 Å². The first-order chi connectivity index (χ1) is 8.42. The smallest absolute Gasteiger partial charge is 0.338 e. The molecule has 100 valence electrons. The van der Waals surface area contributed by atoms with Crippen LogP contribution < -0.4 is 5.32 Å². The molecule has 0 spiro atoms. The van der Waals surface area contributed by atoms with Gasteiger partial charge in [-0.2, -0.15) is 0 Å². The molecule has 0 unspecified atom stereocenters. The lowest BCUT2D eigenvalue weighted by molar-refractivity contribution is -0.0281. The van der Waals surface area contributed by atoms with E-state index >= 15 is 0 Å². The standard InChI is InChI=1S/C14H21NO3/c1-14(2,3)18-10-9-17-13(16)11-5-7-12(15-4)8-6-11/h5-8,15H,9-10H2,1-4H3. The van der Waals surface area contributed by atoms with E-state index in [1.807, 2.05) is 40.0 Å². The number of hydrogen-bond donors (Lipinski definition) is 1. The fourth-order valence-corrected chi connectivity index (χ4v) is 1.34. The van der Waals surface area contributed by atoms with Crippen molar-refractivity contribution in [2.45, 2.75) is 26.4 Å². The number of carbonyl (C=O) groups excluding carboxylic acids is 1. The van der Waals surface area contributed by atoms with Crippen LogP contribution >= 0.6 is 0 Å². The molecule has 4 heteroatoms. The highest BCUT2D eigenvalue weighted by molar-refractivity contribution is 5.89. The van der Waals surface area contributed by atoms with Gasteiger partial charge >= 0.3 is 5.97 Å². The predicted octanol–water partition coefficient (Wildman–Crippen LogP) is 2.70. The molecule has 0 atom stereocenters. The summed E-state index contributed by atoms with van der Waals surface area (Å²) in [6.45, 7) is 6.57. The van der Waals surface area contributed by atoms with Crippen molar-refractivity contribution in [1.82, 2.24) is 0 Å². The zero-order chi connectivity index (χ0) is 13.6. The van der Waals surface area contributed by atoms with Crippen molar-refractivity contribution in [2.24, 2.45) is 0 Å². The summed E-state index contributed by atoms with van der Waals surface area (Å²) in [6.07, 6.45) is 0. The van der Waals surface area contributed by atoms with Gasteiger partial charge in [-0.3, -0.25) is 0 Å². The topological polar surface area (TPSA) is 47.6 Å². The number of esters is 1. The van der Waals surface area contributed by atoms with E-state index in [-0.39, 0.29) is 18.2 Å². The summed E-state index contributed by atoms with van der Waals surface area (Å²) in [6, 6.07) is 7.14. The highest BCUT2D eigenvalue weighted by atomic mass is 16.6. The quantitative estimate of drug-likeness (QED) is 0.645. The number of hydrogen-bond acceptors (Lipinski definition) is 4. The monoisotopic (exact) mass is 251 g/mol. The van der Waals surface area contributed by atoms with Crippen LogP contribution in [-0.4, -0.2) is 31.8 Å². The summed E-state index contributed by atoms with van der Waals surface area (Å²) in [5.74, 6) is -0.324. The zero-order valence-corrected chi connectivity index (χ0v) is 11.4. The summed E-state index contributed by atoms with van der Waals surface area (Å²) >= 11 is 0. The number of rotatable bonds is 5. The average Bonchev–Trinajstić information content (AvgIpc) is 2.33. The lowest BCUT2D eigenvalue weighted by Gasteiger charge is -2.19. The summed E-state index contributed by atoms with van der Waals surface area (Å²) in [5, 5.41) is 2.99. The molecule has 1 rings (SSSR count). The molecule has 0 fully saturated rings. The fourth-order valence-electron chi connectivity index (χ4n) is 1.34. The summed E-state index contributed by atoms with van der Waals surface area (Å²) < 4.78 is 10.6. The van der Waals surface area contributed by atoms with Crippen LogP contribution in [0.3, 0.4) is 0 Å². The van der Waals surface area contributed by atoms with E-state index in [0.29, 0.717) is 12.2 Å². The molecule has 0 aliphatic heterocycles. The average molecular weight is 251 g/mol. The minimum absolute atomic E-state index is 0.207. The van der Waals surface area contributed by atoms with Gasteiger partial charge in [-0.1, -0.05) is 0 Å². The molecule has 0 aliphatic rings. The van der Waals surface area contributed by atoms with Crippen LogP contribution in [0.25, 0.3) is 0 Å². The van der Waals surface area contributed by atoms with E-state index in [1.165, 1.54) is 0 Å². The fraction of sp³-hybridized carbons (Fsp3) is 0.500. The van der Waals surface area contributed by atoms with Gasteiger partial charge in [-0.05, 0) is 45.0 Å². The Morgan fingerprint density at radius 2 is 1.78 bits per heavy atom. The minimum atomic E-state index is -0.324. The van der Waals surface area contributed by atoms with Crippen molar-refractivity contribution in [1.29, 1.82) is 0 Å². The van der Waals surface area contributed by atoms with Crippen LogP contribution in [0.2, 0.25) is 0 Å². The van der Waals surface area contributed by atoms with Gasteiger partial charge in [0.15, 0.2) is 0 Å². The first-order valence-electron chi connectivity index (χ1n) is 6.01. The van der Waals surface area contributed by atoms with Crippen molar-refractivity contribution in [3.05, 3.63) is 29.8 Å². The van der Waals surface area contributed by atoms with Crippen LogP contribution in [-0.2, 0) is 9.47 Å². The van der Waals surface area contributed by atoms with Crippen LogP contribution in [0.5, 0.6) is 0 Å². The van der Waals surface area contributed by atoms with Crippen molar-refractivity contribution >= 4 is 11.7 Å². The Kier molecular flexibility index (Phi) is 5.16. The Morgan fingerprint density at radius 3 is 2.28 bits per heavy atom. The maximum absolute atomic E-state index is 11.7. The Labute approximate surface area is 108 Å². The third-order valence-corrected chi connectivity index (χ3v) is 2.26. The SMILES string of the molecule is CNc1ccc(C(=O)OCCOC(C)(C)C)cc1. The molecule has 0 saturated heterocycles. The van der Waals surface area contributed by atoms with Crippen LogP contribution in [0.4, 0.5) is 5.69 Å². The molecule has 0 radical (unpaired) electrons. The molecule has 0 heterocycles. The molecule has 0 bridgehead atoms. The molecule has 1 aromatic carbocycles. The molecule has 4 nitrogen and oxygen atoms in total. The molecule has 0 aliphatic carbocycles. The second kappa shape index (κ2) is 6.40. The number of ether oxygens (including phenoxy) is 2. The van der Waals surface area contributed by atoms with Crippen LogP contribution in [0.15, 0.2) is 24.3 Å². The van der Waals surface area contributed by atoms with Crippen molar-refractivity contribution in [3.63, 3.8) is 0 Å². The van der Waals surface area contributed by atoms with Crippen LogP contribution in [0, 0.1) is 0 Å². The first-order valence-corrected chi connectivity index (χ1v) is 6.01. The summed E-state index contributed by atoms with van der Waals surface area (Å²) in [7, 11) is 1.83. The lowest BCUT2D eigenvalue weighted by atomic mass is 10.2. The van der Waals surface area contributed by atoms with Crippen LogP contribution in [0.1, 0.15) is 31.1 Å². The molecule has 1 aromatic rings. The summed E-state index contributed by atoms with van der Waals surface area (Å²) in [4.78, 5) is 11.7. The Hall–Kier alpha value is -1.55. The maximum atomic E-state index is 11.7. The first kappa shape index (κ1) is 14.5. The van der Waals surface area contributed by atoms with E-state index < -0.39 is 0 Å². The number of carbonyl (C=O) groups is 1. The molecule has 18 heavy (non-hydrogen) atoms. The predicted molar refractivity (Wildman–Crippen MR) is 72.0 cm³/mol. The van der Waals surface area contributed by atoms with E-state index in [9.17, 15) is 4.79 Å². The van der Waals surface area contributed by atoms with E-state index in [4.69, 9.17) is 9.47 Å². The maximum Gasteiger partial charge on any atom is 0.338 e. The molecule has 1 N–H and O–H groups in total. The largest absolute Gasteiger partial charge is 0.460 e. The second-order valence-electron chi connectivity index (χ2n) is 4.92. The van der Waals surface area contributed by atoms with Crippen molar-refractivity contribution < 1.29 is 14.3 Å². The van der Waals surface area contributed by atoms with E-state index in [1.54, 1.807) is 12.1 Å². The molecule has 0 aromatic heterocycles. The van der Waals surface area contributed by atoms with Gasteiger partial charge in [0, 0.05) is 12.7 Å². The highest BCUT2D eigenvalue weighted by Crippen LogP contribution is 2.10. The summed E-state index contributed by atoms with van der Waals surface area (Å²) in [5.41, 5.74) is 1.30. The van der Waals surface area contributed by atoms with Gasteiger partial charge in [-0.25, -0.2) is 4.79 Å². The van der Waals surface area contributed by atoms with E-state index in [0.717, 1.165) is 5.69 Å². The lowest BCUT2D eigenvalue weighted by Crippen LogP contribution is -2.22. The Morgan fingerprint density at radius 1 is 1.17 bits per heavy atom. The second-order valence-corrected chi connectivity index (χ2v) is 4.92. The van der Waals surface area contributed by atoms with Gasteiger partial charge in [0.2, 0.25) is 0 Å². The minimum Gasteiger partial charge on any atom is -0.460 e. The molecular weight excluding hydrogens is 230 g/mol. The molecular formula is C14H21NO3. The Bertz CT molecular complexity index is 379. The number of anilines is 1. The Balaban J connectivity index is 2.36. The number of benzene rings is 1. The third kappa shape index (κ3) is 5.19. The van der Waals surface area contributed by atoms with Gasteiger partial charge in [0.1, 0.15) is 6.61 Å². The van der Waals surface area contributed by atoms with Gasteiger partial charge in [0.05, 0.1) is 17.8 Å². The molecule has 0 amide bonds.